The second kappa shape index (κ2) is 5.38. The summed E-state index contributed by atoms with van der Waals surface area (Å²) in [6.07, 6.45) is 1.73. The maximum Gasteiger partial charge on any atom is 0.306 e. The number of ether oxygens (including phenoxy) is 1. The zero-order valence-corrected chi connectivity index (χ0v) is 10.7. The standard InChI is InChI=1S/C14H16FNO3/c1-19-13(18)6-5-12(17)16-14(7-8-14)10-3-2-4-11(15)9-10/h2-4,9H,5-8H2,1H3,(H,16,17). The minimum atomic E-state index is -0.449. The van der Waals surface area contributed by atoms with E-state index in [9.17, 15) is 14.0 Å². The number of esters is 1. The first kappa shape index (κ1) is 13.5. The van der Waals surface area contributed by atoms with Crippen LogP contribution >= 0.6 is 0 Å². The lowest BCUT2D eigenvalue weighted by molar-refractivity contribution is -0.142. The van der Waals surface area contributed by atoms with E-state index >= 15 is 0 Å². The topological polar surface area (TPSA) is 55.4 Å². The minimum absolute atomic E-state index is 0.0571. The van der Waals surface area contributed by atoms with E-state index in [1.54, 1.807) is 12.1 Å². The van der Waals surface area contributed by atoms with Gasteiger partial charge in [-0.3, -0.25) is 9.59 Å². The van der Waals surface area contributed by atoms with E-state index in [4.69, 9.17) is 0 Å². The molecule has 5 heteroatoms. The molecule has 0 aliphatic heterocycles. The summed E-state index contributed by atoms with van der Waals surface area (Å²) in [4.78, 5) is 22.7. The molecule has 0 radical (unpaired) electrons. The first-order valence-electron chi connectivity index (χ1n) is 6.20. The lowest BCUT2D eigenvalue weighted by Gasteiger charge is -2.18. The molecular weight excluding hydrogens is 249 g/mol. The Morgan fingerprint density at radius 1 is 1.37 bits per heavy atom. The highest BCUT2D eigenvalue weighted by Gasteiger charge is 2.45. The predicted molar refractivity (Wildman–Crippen MR) is 66.7 cm³/mol. The third kappa shape index (κ3) is 3.30. The maximum absolute atomic E-state index is 13.2. The average Bonchev–Trinajstić information content (AvgIpc) is 3.17. The van der Waals surface area contributed by atoms with Gasteiger partial charge in [0.25, 0.3) is 0 Å². The molecule has 2 rings (SSSR count). The van der Waals surface area contributed by atoms with Gasteiger partial charge in [-0.25, -0.2) is 4.39 Å². The van der Waals surface area contributed by atoms with Crippen molar-refractivity contribution in [3.63, 3.8) is 0 Å². The van der Waals surface area contributed by atoms with Crippen LogP contribution in [-0.2, 0) is 19.9 Å². The van der Waals surface area contributed by atoms with Gasteiger partial charge >= 0.3 is 5.97 Å². The zero-order chi connectivity index (χ0) is 13.9. The highest BCUT2D eigenvalue weighted by molar-refractivity contribution is 5.82. The van der Waals surface area contributed by atoms with Crippen molar-refractivity contribution < 1.29 is 18.7 Å². The van der Waals surface area contributed by atoms with E-state index in [1.807, 2.05) is 0 Å². The van der Waals surface area contributed by atoms with Gasteiger partial charge in [-0.05, 0) is 30.5 Å². The average molecular weight is 265 g/mol. The molecule has 0 bridgehead atoms. The number of nitrogens with one attached hydrogen (secondary N) is 1. The summed E-state index contributed by atoms with van der Waals surface area (Å²) in [6, 6.07) is 6.24. The van der Waals surface area contributed by atoms with Crippen LogP contribution < -0.4 is 5.32 Å². The summed E-state index contributed by atoms with van der Waals surface area (Å²) in [5.74, 6) is -0.939. The Balaban J connectivity index is 1.95. The summed E-state index contributed by atoms with van der Waals surface area (Å²) in [6.45, 7) is 0. The van der Waals surface area contributed by atoms with Gasteiger partial charge in [-0.2, -0.15) is 0 Å². The summed E-state index contributed by atoms with van der Waals surface area (Å²) in [5, 5.41) is 2.88. The van der Waals surface area contributed by atoms with Gasteiger partial charge in [0.1, 0.15) is 5.82 Å². The number of amides is 1. The van der Waals surface area contributed by atoms with Crippen LogP contribution in [0.3, 0.4) is 0 Å². The summed E-state index contributed by atoms with van der Waals surface area (Å²) < 4.78 is 17.7. The Morgan fingerprint density at radius 3 is 2.68 bits per heavy atom. The molecule has 0 atom stereocenters. The van der Waals surface area contributed by atoms with Gasteiger partial charge < -0.3 is 10.1 Å². The molecule has 1 amide bonds. The molecule has 1 N–H and O–H groups in total. The number of hydrogen-bond acceptors (Lipinski definition) is 3. The number of carbonyl (C=O) groups is 2. The largest absolute Gasteiger partial charge is 0.469 e. The Bertz CT molecular complexity index is 497. The van der Waals surface area contributed by atoms with E-state index in [1.165, 1.54) is 19.2 Å². The Hall–Kier alpha value is -1.91. The highest BCUT2D eigenvalue weighted by Crippen LogP contribution is 2.45. The molecule has 0 spiro atoms. The number of carbonyl (C=O) groups excluding carboxylic acids is 2. The molecule has 1 aromatic rings. The van der Waals surface area contributed by atoms with Crippen LogP contribution in [-0.4, -0.2) is 19.0 Å². The number of halogens is 1. The molecule has 1 saturated carbocycles. The van der Waals surface area contributed by atoms with Crippen molar-refractivity contribution in [3.8, 4) is 0 Å². The molecule has 0 saturated heterocycles. The molecule has 1 aromatic carbocycles. The van der Waals surface area contributed by atoms with Crippen molar-refractivity contribution in [1.29, 1.82) is 0 Å². The molecule has 1 aliphatic rings. The number of benzene rings is 1. The summed E-state index contributed by atoms with van der Waals surface area (Å²) >= 11 is 0. The first-order chi connectivity index (χ1) is 9.05. The van der Waals surface area contributed by atoms with Crippen molar-refractivity contribution in [2.24, 2.45) is 0 Å². The fraction of sp³-hybridized carbons (Fsp3) is 0.429. The molecule has 19 heavy (non-hydrogen) atoms. The Kier molecular flexibility index (Phi) is 3.83. The predicted octanol–water partition coefficient (Wildman–Crippen LogP) is 1.88. The smallest absolute Gasteiger partial charge is 0.306 e. The van der Waals surface area contributed by atoms with Gasteiger partial charge in [0, 0.05) is 6.42 Å². The monoisotopic (exact) mass is 265 g/mol. The SMILES string of the molecule is COC(=O)CCC(=O)NC1(c2cccc(F)c2)CC1. The second-order valence-electron chi connectivity index (χ2n) is 4.72. The van der Waals surface area contributed by atoms with Gasteiger partial charge in [0.05, 0.1) is 19.1 Å². The maximum atomic E-state index is 13.2. The van der Waals surface area contributed by atoms with Crippen molar-refractivity contribution in [2.45, 2.75) is 31.2 Å². The van der Waals surface area contributed by atoms with Crippen molar-refractivity contribution in [2.75, 3.05) is 7.11 Å². The fourth-order valence-corrected chi connectivity index (χ4v) is 2.04. The lowest BCUT2D eigenvalue weighted by Crippen LogP contribution is -2.35. The molecule has 0 aromatic heterocycles. The zero-order valence-electron chi connectivity index (χ0n) is 10.7. The van der Waals surface area contributed by atoms with Crippen molar-refractivity contribution in [3.05, 3.63) is 35.6 Å². The lowest BCUT2D eigenvalue weighted by atomic mass is 10.0. The number of hydrogen-bond donors (Lipinski definition) is 1. The Morgan fingerprint density at radius 2 is 2.11 bits per heavy atom. The van der Waals surface area contributed by atoms with Crippen LogP contribution in [0.4, 0.5) is 4.39 Å². The van der Waals surface area contributed by atoms with Crippen molar-refractivity contribution >= 4 is 11.9 Å². The highest BCUT2D eigenvalue weighted by atomic mass is 19.1. The van der Waals surface area contributed by atoms with Gasteiger partial charge in [0.15, 0.2) is 0 Å². The fourth-order valence-electron chi connectivity index (χ4n) is 2.04. The molecule has 1 aliphatic carbocycles. The summed E-state index contributed by atoms with van der Waals surface area (Å²) in [5.41, 5.74) is 0.328. The molecule has 0 unspecified atom stereocenters. The second-order valence-corrected chi connectivity index (χ2v) is 4.72. The molecule has 4 nitrogen and oxygen atoms in total. The summed E-state index contributed by atoms with van der Waals surface area (Å²) in [7, 11) is 1.29. The van der Waals surface area contributed by atoms with E-state index in [-0.39, 0.29) is 24.6 Å². The third-order valence-corrected chi connectivity index (χ3v) is 3.29. The first-order valence-corrected chi connectivity index (χ1v) is 6.20. The van der Waals surface area contributed by atoms with Crippen LogP contribution in [0, 0.1) is 5.82 Å². The normalized spacial score (nSPS) is 15.7. The van der Waals surface area contributed by atoms with Crippen LogP contribution in [0.1, 0.15) is 31.2 Å². The van der Waals surface area contributed by atoms with E-state index in [2.05, 4.69) is 10.1 Å². The van der Waals surface area contributed by atoms with Gasteiger partial charge in [0.2, 0.25) is 5.91 Å². The van der Waals surface area contributed by atoms with Gasteiger partial charge in [-0.1, -0.05) is 12.1 Å². The van der Waals surface area contributed by atoms with Crippen LogP contribution in [0.5, 0.6) is 0 Å². The Labute approximate surface area is 110 Å². The van der Waals surface area contributed by atoms with Crippen molar-refractivity contribution in [1.82, 2.24) is 5.32 Å². The molecule has 102 valence electrons. The van der Waals surface area contributed by atoms with E-state index < -0.39 is 11.5 Å². The van der Waals surface area contributed by atoms with Crippen LogP contribution in [0.15, 0.2) is 24.3 Å². The minimum Gasteiger partial charge on any atom is -0.469 e. The quantitative estimate of drug-likeness (QED) is 0.827. The van der Waals surface area contributed by atoms with E-state index in [0.717, 1.165) is 18.4 Å². The van der Waals surface area contributed by atoms with E-state index in [0.29, 0.717) is 0 Å². The molecule has 0 heterocycles. The van der Waals surface area contributed by atoms with Crippen LogP contribution in [0.25, 0.3) is 0 Å². The number of methoxy groups -OCH3 is 1. The molecular formula is C14H16FNO3. The third-order valence-electron chi connectivity index (χ3n) is 3.29. The van der Waals surface area contributed by atoms with Gasteiger partial charge in [-0.15, -0.1) is 0 Å². The molecule has 1 fully saturated rings. The number of rotatable bonds is 5. The van der Waals surface area contributed by atoms with Crippen LogP contribution in [0.2, 0.25) is 0 Å².